The SMILES string of the molecule is O=C(Nc1ccn(C2COC(CO)O2)c(=O)n1)OCc1ccccc1. The third kappa shape index (κ3) is 4.41. The molecule has 0 saturated carbocycles. The minimum Gasteiger partial charge on any atom is -0.444 e. The average molecular weight is 347 g/mol. The number of anilines is 1. The third-order valence-electron chi connectivity index (χ3n) is 3.47. The lowest BCUT2D eigenvalue weighted by Gasteiger charge is -2.12. The fraction of sp³-hybridized carbons (Fsp3) is 0.312. The van der Waals surface area contributed by atoms with Crippen LogP contribution in [0.3, 0.4) is 0 Å². The third-order valence-corrected chi connectivity index (χ3v) is 3.47. The summed E-state index contributed by atoms with van der Waals surface area (Å²) in [5.74, 6) is 0.0666. The summed E-state index contributed by atoms with van der Waals surface area (Å²) in [7, 11) is 0. The van der Waals surface area contributed by atoms with E-state index < -0.39 is 24.3 Å². The first kappa shape index (κ1) is 17.1. The van der Waals surface area contributed by atoms with Gasteiger partial charge in [0.25, 0.3) is 0 Å². The molecule has 2 unspecified atom stereocenters. The topological polar surface area (TPSA) is 112 Å². The maximum Gasteiger partial charge on any atom is 0.413 e. The van der Waals surface area contributed by atoms with E-state index in [0.29, 0.717) is 0 Å². The molecule has 1 fully saturated rings. The molecule has 2 aromatic rings. The van der Waals surface area contributed by atoms with Crippen LogP contribution in [-0.2, 0) is 20.8 Å². The second-order valence-corrected chi connectivity index (χ2v) is 5.23. The molecular formula is C16H17N3O6. The normalized spacial score (nSPS) is 19.6. The van der Waals surface area contributed by atoms with Crippen molar-refractivity contribution in [2.24, 2.45) is 0 Å². The molecule has 2 N–H and O–H groups in total. The lowest BCUT2D eigenvalue weighted by molar-refractivity contribution is -0.0992. The van der Waals surface area contributed by atoms with Crippen molar-refractivity contribution in [1.29, 1.82) is 0 Å². The minimum absolute atomic E-state index is 0.0666. The highest BCUT2D eigenvalue weighted by molar-refractivity contribution is 5.83. The van der Waals surface area contributed by atoms with E-state index in [-0.39, 0.29) is 25.6 Å². The van der Waals surface area contributed by atoms with E-state index >= 15 is 0 Å². The molecule has 1 aliphatic rings. The van der Waals surface area contributed by atoms with Gasteiger partial charge in [-0.05, 0) is 11.6 Å². The Bertz CT molecular complexity index is 779. The first-order chi connectivity index (χ1) is 12.2. The van der Waals surface area contributed by atoms with Crippen molar-refractivity contribution in [3.8, 4) is 0 Å². The zero-order valence-corrected chi connectivity index (χ0v) is 13.2. The summed E-state index contributed by atoms with van der Waals surface area (Å²) in [6.45, 7) is -0.0657. The summed E-state index contributed by atoms with van der Waals surface area (Å²) >= 11 is 0. The van der Waals surface area contributed by atoms with E-state index in [4.69, 9.17) is 19.3 Å². The van der Waals surface area contributed by atoms with Crippen molar-refractivity contribution in [1.82, 2.24) is 9.55 Å². The summed E-state index contributed by atoms with van der Waals surface area (Å²) in [6, 6.07) is 10.7. The van der Waals surface area contributed by atoms with Crippen LogP contribution in [0.2, 0.25) is 0 Å². The number of carbonyl (C=O) groups excluding carboxylic acids is 1. The number of amides is 1. The molecule has 2 atom stereocenters. The van der Waals surface area contributed by atoms with Crippen LogP contribution in [0.1, 0.15) is 11.8 Å². The maximum absolute atomic E-state index is 12.0. The molecule has 9 nitrogen and oxygen atoms in total. The highest BCUT2D eigenvalue weighted by Gasteiger charge is 2.27. The molecule has 1 aromatic carbocycles. The van der Waals surface area contributed by atoms with Gasteiger partial charge in [0.1, 0.15) is 12.4 Å². The van der Waals surface area contributed by atoms with Gasteiger partial charge in [-0.1, -0.05) is 30.3 Å². The summed E-state index contributed by atoms with van der Waals surface area (Å²) in [4.78, 5) is 27.6. The van der Waals surface area contributed by atoms with Crippen LogP contribution in [0.15, 0.2) is 47.4 Å². The van der Waals surface area contributed by atoms with Crippen LogP contribution in [0.5, 0.6) is 0 Å². The van der Waals surface area contributed by atoms with E-state index in [1.165, 1.54) is 16.8 Å². The van der Waals surface area contributed by atoms with Gasteiger partial charge in [-0.3, -0.25) is 9.88 Å². The maximum atomic E-state index is 12.0. The zero-order chi connectivity index (χ0) is 17.6. The predicted octanol–water partition coefficient (Wildman–Crippen LogP) is 0.856. The highest BCUT2D eigenvalue weighted by Crippen LogP contribution is 2.19. The molecule has 25 heavy (non-hydrogen) atoms. The van der Waals surface area contributed by atoms with Crippen LogP contribution >= 0.6 is 0 Å². The molecule has 3 rings (SSSR count). The number of aliphatic hydroxyl groups excluding tert-OH is 1. The minimum atomic E-state index is -0.761. The summed E-state index contributed by atoms with van der Waals surface area (Å²) in [5, 5.41) is 11.4. The van der Waals surface area contributed by atoms with Crippen LogP contribution < -0.4 is 11.0 Å². The average Bonchev–Trinajstić information content (AvgIpc) is 3.10. The van der Waals surface area contributed by atoms with E-state index in [2.05, 4.69) is 10.3 Å². The number of ether oxygens (including phenoxy) is 3. The summed E-state index contributed by atoms with van der Waals surface area (Å²) in [6.07, 6.45) is -0.719. The molecule has 0 bridgehead atoms. The Morgan fingerprint density at radius 2 is 2.16 bits per heavy atom. The quantitative estimate of drug-likeness (QED) is 0.825. The number of nitrogens with one attached hydrogen (secondary N) is 1. The van der Waals surface area contributed by atoms with Crippen LogP contribution in [0, 0.1) is 0 Å². The predicted molar refractivity (Wildman–Crippen MR) is 85.7 cm³/mol. The Labute approximate surface area is 142 Å². The Hall–Kier alpha value is -2.75. The smallest absolute Gasteiger partial charge is 0.413 e. The number of hydrogen-bond donors (Lipinski definition) is 2. The van der Waals surface area contributed by atoms with Gasteiger partial charge in [0, 0.05) is 6.20 Å². The van der Waals surface area contributed by atoms with E-state index in [0.717, 1.165) is 5.56 Å². The van der Waals surface area contributed by atoms with E-state index in [1.54, 1.807) is 0 Å². The number of aromatic nitrogens is 2. The van der Waals surface area contributed by atoms with Crippen molar-refractivity contribution in [3.63, 3.8) is 0 Å². The summed E-state index contributed by atoms with van der Waals surface area (Å²) in [5.41, 5.74) is 0.228. The largest absolute Gasteiger partial charge is 0.444 e. The number of aliphatic hydroxyl groups is 1. The lowest BCUT2D eigenvalue weighted by Crippen LogP contribution is -2.29. The number of benzene rings is 1. The molecule has 0 radical (unpaired) electrons. The first-order valence-corrected chi connectivity index (χ1v) is 7.60. The standard InChI is InChI=1S/C16H17N3O6/c20-8-14-23-10-13(25-14)19-7-6-12(17-15(19)21)18-16(22)24-9-11-4-2-1-3-5-11/h1-7,13-14,20H,8-10H2,(H,17,18,21,22). The van der Waals surface area contributed by atoms with Crippen molar-refractivity contribution < 1.29 is 24.1 Å². The van der Waals surface area contributed by atoms with Crippen molar-refractivity contribution in [3.05, 3.63) is 58.6 Å². The monoisotopic (exact) mass is 347 g/mol. The number of hydrogen-bond acceptors (Lipinski definition) is 7. The van der Waals surface area contributed by atoms with E-state index in [9.17, 15) is 9.59 Å². The van der Waals surface area contributed by atoms with Gasteiger partial charge < -0.3 is 19.3 Å². The van der Waals surface area contributed by atoms with Gasteiger partial charge in [0.2, 0.25) is 0 Å². The van der Waals surface area contributed by atoms with Gasteiger partial charge in [0.15, 0.2) is 12.5 Å². The molecule has 1 aliphatic heterocycles. The number of rotatable bonds is 5. The van der Waals surface area contributed by atoms with Gasteiger partial charge in [-0.2, -0.15) is 4.98 Å². The molecule has 1 amide bonds. The first-order valence-electron chi connectivity index (χ1n) is 7.60. The van der Waals surface area contributed by atoms with Crippen molar-refractivity contribution in [2.45, 2.75) is 19.1 Å². The number of nitrogens with zero attached hydrogens (tertiary/aromatic N) is 2. The molecule has 0 aliphatic carbocycles. The van der Waals surface area contributed by atoms with Crippen LogP contribution in [-0.4, -0.2) is 40.3 Å². The lowest BCUT2D eigenvalue weighted by atomic mass is 10.2. The Balaban J connectivity index is 1.57. The Morgan fingerprint density at radius 1 is 1.36 bits per heavy atom. The fourth-order valence-electron chi connectivity index (χ4n) is 2.25. The second-order valence-electron chi connectivity index (χ2n) is 5.23. The van der Waals surface area contributed by atoms with Gasteiger partial charge >= 0.3 is 11.8 Å². The van der Waals surface area contributed by atoms with Crippen molar-refractivity contribution >= 4 is 11.9 Å². The fourth-order valence-corrected chi connectivity index (χ4v) is 2.25. The van der Waals surface area contributed by atoms with Gasteiger partial charge in [-0.25, -0.2) is 9.59 Å². The summed E-state index contributed by atoms with van der Waals surface area (Å²) < 4.78 is 16.7. The highest BCUT2D eigenvalue weighted by atomic mass is 16.7. The molecule has 9 heteroatoms. The molecule has 0 spiro atoms. The van der Waals surface area contributed by atoms with Gasteiger partial charge in [0.05, 0.1) is 13.2 Å². The Kier molecular flexibility index (Phi) is 5.39. The van der Waals surface area contributed by atoms with Crippen LogP contribution in [0.4, 0.5) is 10.6 Å². The van der Waals surface area contributed by atoms with Crippen LogP contribution in [0.25, 0.3) is 0 Å². The Morgan fingerprint density at radius 3 is 2.84 bits per heavy atom. The molecule has 132 valence electrons. The van der Waals surface area contributed by atoms with Crippen molar-refractivity contribution in [2.75, 3.05) is 18.5 Å². The molecule has 1 aromatic heterocycles. The second kappa shape index (κ2) is 7.88. The molecule has 2 heterocycles. The molecular weight excluding hydrogens is 330 g/mol. The van der Waals surface area contributed by atoms with Gasteiger partial charge in [-0.15, -0.1) is 0 Å². The number of carbonyl (C=O) groups is 1. The zero-order valence-electron chi connectivity index (χ0n) is 13.2. The molecule has 1 saturated heterocycles. The van der Waals surface area contributed by atoms with E-state index in [1.807, 2.05) is 30.3 Å².